The number of esters is 1. The quantitative estimate of drug-likeness (QED) is 0.579. The molecule has 2 atom stereocenters. The van der Waals surface area contributed by atoms with Crippen LogP contribution in [-0.2, 0) is 23.9 Å². The third kappa shape index (κ3) is 5.46. The van der Waals surface area contributed by atoms with Crippen LogP contribution in [0.5, 0.6) is 0 Å². The van der Waals surface area contributed by atoms with Crippen molar-refractivity contribution in [2.45, 2.75) is 51.7 Å². The Morgan fingerprint density at radius 1 is 1.30 bits per heavy atom. The van der Waals surface area contributed by atoms with E-state index in [1.165, 1.54) is 12.2 Å². The summed E-state index contributed by atoms with van der Waals surface area (Å²) >= 11 is 0. The summed E-state index contributed by atoms with van der Waals surface area (Å²) in [5.41, 5.74) is -0.466. The molecule has 1 aliphatic heterocycles. The van der Waals surface area contributed by atoms with Crippen molar-refractivity contribution in [2.75, 3.05) is 20.8 Å². The van der Waals surface area contributed by atoms with E-state index in [-0.39, 0.29) is 17.8 Å². The van der Waals surface area contributed by atoms with Gasteiger partial charge in [0.25, 0.3) is 5.91 Å². The van der Waals surface area contributed by atoms with E-state index < -0.39 is 11.7 Å². The molecule has 0 spiro atoms. The van der Waals surface area contributed by atoms with Crippen molar-refractivity contribution in [3.8, 4) is 0 Å². The van der Waals surface area contributed by atoms with E-state index in [1.807, 2.05) is 20.8 Å². The molecule has 116 valence electrons. The maximum atomic E-state index is 11.8. The first-order valence-corrected chi connectivity index (χ1v) is 6.88. The third-order valence-electron chi connectivity index (χ3n) is 3.11. The smallest absolute Gasteiger partial charge is 0.306 e. The second-order valence-corrected chi connectivity index (χ2v) is 6.07. The highest BCUT2D eigenvalue weighted by molar-refractivity contribution is 5.79. The minimum atomic E-state index is -0.477. The Morgan fingerprint density at radius 3 is 2.40 bits per heavy atom. The van der Waals surface area contributed by atoms with Gasteiger partial charge in [-0.3, -0.25) is 14.4 Å². The van der Waals surface area contributed by atoms with Gasteiger partial charge in [0.2, 0.25) is 0 Å². The molecule has 0 N–H and O–H groups in total. The molecule has 0 unspecified atom stereocenters. The number of hydroxylamine groups is 2. The highest BCUT2D eigenvalue weighted by Gasteiger charge is 2.31. The van der Waals surface area contributed by atoms with E-state index in [9.17, 15) is 9.59 Å². The van der Waals surface area contributed by atoms with Crippen LogP contribution in [0.25, 0.3) is 0 Å². The SMILES string of the molecule is CON(C)C(=O)[C@@H]1CC[C@@H](CC(=O)OC(C)(C)C)CO1. The Morgan fingerprint density at radius 2 is 1.95 bits per heavy atom. The highest BCUT2D eigenvalue weighted by Crippen LogP contribution is 2.24. The fourth-order valence-corrected chi connectivity index (χ4v) is 2.07. The van der Waals surface area contributed by atoms with Crippen molar-refractivity contribution in [1.82, 2.24) is 5.06 Å². The lowest BCUT2D eigenvalue weighted by Gasteiger charge is -2.30. The summed E-state index contributed by atoms with van der Waals surface area (Å²) in [7, 11) is 2.99. The average molecular weight is 287 g/mol. The monoisotopic (exact) mass is 287 g/mol. The molecule has 20 heavy (non-hydrogen) atoms. The number of hydrogen-bond acceptors (Lipinski definition) is 5. The highest BCUT2D eigenvalue weighted by atomic mass is 16.7. The lowest BCUT2D eigenvalue weighted by molar-refractivity contribution is -0.185. The summed E-state index contributed by atoms with van der Waals surface area (Å²) in [5.74, 6) is -0.296. The molecular weight excluding hydrogens is 262 g/mol. The van der Waals surface area contributed by atoms with Gasteiger partial charge in [-0.25, -0.2) is 5.06 Å². The first-order valence-electron chi connectivity index (χ1n) is 6.88. The molecule has 0 saturated carbocycles. The first-order chi connectivity index (χ1) is 9.23. The largest absolute Gasteiger partial charge is 0.460 e. The number of likely N-dealkylation sites (N-methyl/N-ethyl adjacent to an activating group) is 1. The fraction of sp³-hybridized carbons (Fsp3) is 0.857. The molecule has 1 aliphatic rings. The van der Waals surface area contributed by atoms with Crippen molar-refractivity contribution >= 4 is 11.9 Å². The Bertz CT molecular complexity index is 342. The zero-order chi connectivity index (χ0) is 15.3. The normalized spacial score (nSPS) is 23.2. The fourth-order valence-electron chi connectivity index (χ4n) is 2.07. The van der Waals surface area contributed by atoms with E-state index in [2.05, 4.69) is 0 Å². The molecule has 0 aliphatic carbocycles. The van der Waals surface area contributed by atoms with E-state index in [0.717, 1.165) is 6.42 Å². The molecule has 6 heteroatoms. The average Bonchev–Trinajstić information content (AvgIpc) is 2.35. The number of rotatable bonds is 4. The zero-order valence-corrected chi connectivity index (χ0v) is 13.0. The van der Waals surface area contributed by atoms with Crippen molar-refractivity contribution in [3.63, 3.8) is 0 Å². The van der Waals surface area contributed by atoms with Gasteiger partial charge in [0.1, 0.15) is 11.7 Å². The molecule has 0 radical (unpaired) electrons. The van der Waals surface area contributed by atoms with Gasteiger partial charge < -0.3 is 9.47 Å². The van der Waals surface area contributed by atoms with Gasteiger partial charge in [-0.15, -0.1) is 0 Å². The maximum absolute atomic E-state index is 11.8. The lowest BCUT2D eigenvalue weighted by atomic mass is 9.95. The Balaban J connectivity index is 2.36. The van der Waals surface area contributed by atoms with Gasteiger partial charge >= 0.3 is 5.97 Å². The third-order valence-corrected chi connectivity index (χ3v) is 3.11. The zero-order valence-electron chi connectivity index (χ0n) is 13.0. The first kappa shape index (κ1) is 16.9. The molecule has 0 aromatic rings. The molecule has 6 nitrogen and oxygen atoms in total. The number of nitrogens with zero attached hydrogens (tertiary/aromatic N) is 1. The van der Waals surface area contributed by atoms with Gasteiger partial charge in [0.05, 0.1) is 20.1 Å². The maximum Gasteiger partial charge on any atom is 0.306 e. The van der Waals surface area contributed by atoms with Gasteiger partial charge in [-0.05, 0) is 39.5 Å². The summed E-state index contributed by atoms with van der Waals surface area (Å²) in [6.07, 6.45) is 1.22. The standard InChI is InChI=1S/C14H25NO5/c1-14(2,3)20-12(16)8-10-6-7-11(19-9-10)13(17)15(4)18-5/h10-11H,6-9H2,1-5H3/t10-,11-/m0/s1. The van der Waals surface area contributed by atoms with Crippen LogP contribution < -0.4 is 0 Å². The molecule has 1 rings (SSSR count). The van der Waals surface area contributed by atoms with Crippen LogP contribution in [0.1, 0.15) is 40.0 Å². The van der Waals surface area contributed by atoms with Gasteiger partial charge in [-0.1, -0.05) is 0 Å². The molecule has 1 fully saturated rings. The molecule has 1 saturated heterocycles. The van der Waals surface area contributed by atoms with Crippen LogP contribution in [0.4, 0.5) is 0 Å². The Kier molecular flexibility index (Phi) is 5.95. The lowest BCUT2D eigenvalue weighted by Crippen LogP contribution is -2.41. The van der Waals surface area contributed by atoms with Crippen molar-refractivity contribution in [3.05, 3.63) is 0 Å². The van der Waals surface area contributed by atoms with Crippen LogP contribution in [0.3, 0.4) is 0 Å². The second-order valence-electron chi connectivity index (χ2n) is 6.07. The van der Waals surface area contributed by atoms with E-state index in [4.69, 9.17) is 14.3 Å². The summed E-state index contributed by atoms with van der Waals surface area (Å²) < 4.78 is 10.8. The van der Waals surface area contributed by atoms with Crippen LogP contribution in [0.15, 0.2) is 0 Å². The summed E-state index contributed by atoms with van der Waals surface area (Å²) in [4.78, 5) is 28.4. The van der Waals surface area contributed by atoms with Gasteiger partial charge in [0.15, 0.2) is 0 Å². The number of carbonyl (C=O) groups excluding carboxylic acids is 2. The summed E-state index contributed by atoms with van der Waals surface area (Å²) in [5, 5.41) is 1.17. The van der Waals surface area contributed by atoms with Crippen LogP contribution >= 0.6 is 0 Å². The number of hydrogen-bond donors (Lipinski definition) is 0. The molecule has 1 heterocycles. The topological polar surface area (TPSA) is 65.1 Å². The summed E-state index contributed by atoms with van der Waals surface area (Å²) in [6.45, 7) is 5.93. The number of carbonyl (C=O) groups is 2. The Hall–Kier alpha value is -1.14. The minimum absolute atomic E-state index is 0.113. The van der Waals surface area contributed by atoms with Crippen molar-refractivity contribution < 1.29 is 23.9 Å². The molecule has 0 bridgehead atoms. The molecular formula is C14H25NO5. The second kappa shape index (κ2) is 7.04. The number of ether oxygens (including phenoxy) is 2. The summed E-state index contributed by atoms with van der Waals surface area (Å²) in [6, 6.07) is 0. The molecule has 0 aromatic heterocycles. The number of amides is 1. The Labute approximate surface area is 120 Å². The van der Waals surface area contributed by atoms with Crippen LogP contribution in [-0.4, -0.2) is 49.4 Å². The van der Waals surface area contributed by atoms with E-state index in [1.54, 1.807) is 7.05 Å². The van der Waals surface area contributed by atoms with Crippen molar-refractivity contribution in [2.24, 2.45) is 5.92 Å². The van der Waals surface area contributed by atoms with Gasteiger partial charge in [-0.2, -0.15) is 0 Å². The predicted octanol–water partition coefficient (Wildman–Crippen LogP) is 1.53. The molecule has 1 amide bonds. The van der Waals surface area contributed by atoms with Crippen LogP contribution in [0, 0.1) is 5.92 Å². The van der Waals surface area contributed by atoms with Gasteiger partial charge in [0, 0.05) is 7.05 Å². The molecule has 0 aromatic carbocycles. The van der Waals surface area contributed by atoms with E-state index in [0.29, 0.717) is 19.4 Å². The van der Waals surface area contributed by atoms with Crippen LogP contribution in [0.2, 0.25) is 0 Å². The minimum Gasteiger partial charge on any atom is -0.460 e. The van der Waals surface area contributed by atoms with Crippen molar-refractivity contribution in [1.29, 1.82) is 0 Å². The predicted molar refractivity (Wildman–Crippen MR) is 72.7 cm³/mol. The van der Waals surface area contributed by atoms with E-state index >= 15 is 0 Å².